The molecule has 2 atom stereocenters. The predicted octanol–water partition coefficient (Wildman–Crippen LogP) is 2.07. The fourth-order valence-corrected chi connectivity index (χ4v) is 2.88. The molecule has 22 heavy (non-hydrogen) atoms. The minimum atomic E-state index is -0.681. The van der Waals surface area contributed by atoms with Gasteiger partial charge in [-0.3, -0.25) is 9.59 Å². The third-order valence-corrected chi connectivity index (χ3v) is 3.93. The molecule has 4 nitrogen and oxygen atoms in total. The molecule has 1 fully saturated rings. The first-order valence-electron chi connectivity index (χ1n) is 7.03. The van der Waals surface area contributed by atoms with Gasteiger partial charge in [0.25, 0.3) is 0 Å². The van der Waals surface area contributed by atoms with Crippen molar-refractivity contribution in [3.05, 3.63) is 66.0 Å². The van der Waals surface area contributed by atoms with Crippen LogP contribution < -0.4 is 10.2 Å². The molecule has 2 unspecified atom stereocenters. The zero-order valence-electron chi connectivity index (χ0n) is 11.8. The maximum atomic E-state index is 14.0. The molecule has 1 N–H and O–H groups in total. The third kappa shape index (κ3) is 2.45. The molecule has 2 amide bonds. The molecular formula is C17H15FN2O2. The predicted molar refractivity (Wildman–Crippen MR) is 80.9 cm³/mol. The van der Waals surface area contributed by atoms with Gasteiger partial charge in [0.15, 0.2) is 0 Å². The number of para-hydroxylation sites is 1. The maximum Gasteiger partial charge on any atom is 0.250 e. The molecule has 3 rings (SSSR count). The number of carbonyl (C=O) groups excluding carboxylic acids is 2. The lowest BCUT2D eigenvalue weighted by Crippen LogP contribution is -2.39. The number of halogens is 1. The van der Waals surface area contributed by atoms with Crippen LogP contribution in [0.3, 0.4) is 0 Å². The van der Waals surface area contributed by atoms with Crippen molar-refractivity contribution in [3.63, 3.8) is 0 Å². The van der Waals surface area contributed by atoms with Crippen LogP contribution in [0.25, 0.3) is 0 Å². The molecule has 5 heteroatoms. The molecule has 0 radical (unpaired) electrons. The van der Waals surface area contributed by atoms with Crippen LogP contribution in [0.1, 0.15) is 11.5 Å². The Morgan fingerprint density at radius 1 is 1.09 bits per heavy atom. The fourth-order valence-electron chi connectivity index (χ4n) is 2.88. The van der Waals surface area contributed by atoms with Gasteiger partial charge in [0.1, 0.15) is 11.9 Å². The van der Waals surface area contributed by atoms with Crippen LogP contribution in [0.2, 0.25) is 0 Å². The summed E-state index contributed by atoms with van der Waals surface area (Å²) in [6.07, 6.45) is 0.517. The summed E-state index contributed by atoms with van der Waals surface area (Å²) in [4.78, 5) is 24.8. The van der Waals surface area contributed by atoms with E-state index in [1.165, 1.54) is 11.0 Å². The summed E-state index contributed by atoms with van der Waals surface area (Å²) >= 11 is 0. The van der Waals surface area contributed by atoms with Crippen LogP contribution in [-0.4, -0.2) is 24.9 Å². The minimum absolute atomic E-state index is 0.210. The molecule has 0 saturated carbocycles. The third-order valence-electron chi connectivity index (χ3n) is 3.93. The van der Waals surface area contributed by atoms with Crippen molar-refractivity contribution in [2.24, 2.45) is 0 Å². The van der Waals surface area contributed by atoms with E-state index in [0.29, 0.717) is 13.0 Å². The van der Waals surface area contributed by atoms with Crippen molar-refractivity contribution in [2.45, 2.75) is 12.0 Å². The summed E-state index contributed by atoms with van der Waals surface area (Å²) < 4.78 is 14.0. The highest BCUT2D eigenvalue weighted by Gasteiger charge is 2.42. The topological polar surface area (TPSA) is 49.4 Å². The number of hydrogen-bond acceptors (Lipinski definition) is 2. The molecule has 2 aromatic rings. The van der Waals surface area contributed by atoms with Gasteiger partial charge in [-0.25, -0.2) is 4.39 Å². The van der Waals surface area contributed by atoms with E-state index in [-0.39, 0.29) is 17.5 Å². The standard InChI is InChI=1S/C17H15FN2O2/c18-14-8-4-5-9-15(14)20-10-13(12-6-2-1-3-7-12)16(17(20)22)19-11-21/h1-9,11,13,16H,10H2,(H,19,21). The molecule has 1 heterocycles. The lowest BCUT2D eigenvalue weighted by atomic mass is 9.94. The average Bonchev–Trinajstić information content (AvgIpc) is 2.86. The average molecular weight is 298 g/mol. The van der Waals surface area contributed by atoms with Crippen molar-refractivity contribution in [3.8, 4) is 0 Å². The van der Waals surface area contributed by atoms with Crippen molar-refractivity contribution < 1.29 is 14.0 Å². The van der Waals surface area contributed by atoms with Crippen LogP contribution in [0.15, 0.2) is 54.6 Å². The van der Waals surface area contributed by atoms with Crippen LogP contribution in [0.4, 0.5) is 10.1 Å². The minimum Gasteiger partial charge on any atom is -0.346 e. The Kier molecular flexibility index (Phi) is 3.87. The quantitative estimate of drug-likeness (QED) is 0.879. The maximum absolute atomic E-state index is 14.0. The largest absolute Gasteiger partial charge is 0.346 e. The molecule has 2 aromatic carbocycles. The van der Waals surface area contributed by atoms with Gasteiger partial charge >= 0.3 is 0 Å². The van der Waals surface area contributed by atoms with Crippen molar-refractivity contribution in [1.82, 2.24) is 5.32 Å². The Hall–Kier alpha value is -2.69. The van der Waals surface area contributed by atoms with Gasteiger partial charge in [-0.2, -0.15) is 0 Å². The van der Waals surface area contributed by atoms with Crippen LogP contribution >= 0.6 is 0 Å². The van der Waals surface area contributed by atoms with Gasteiger partial charge in [0.2, 0.25) is 12.3 Å². The van der Waals surface area contributed by atoms with Crippen molar-refractivity contribution in [2.75, 3.05) is 11.4 Å². The van der Waals surface area contributed by atoms with E-state index in [1.54, 1.807) is 18.2 Å². The van der Waals surface area contributed by atoms with Gasteiger partial charge in [-0.15, -0.1) is 0 Å². The molecule has 1 aliphatic heterocycles. The van der Waals surface area contributed by atoms with E-state index in [0.717, 1.165) is 5.56 Å². The Morgan fingerprint density at radius 2 is 1.77 bits per heavy atom. The van der Waals surface area contributed by atoms with Gasteiger partial charge in [-0.1, -0.05) is 42.5 Å². The first-order valence-corrected chi connectivity index (χ1v) is 7.03. The summed E-state index contributed by atoms with van der Waals surface area (Å²) in [7, 11) is 0. The highest BCUT2D eigenvalue weighted by Crippen LogP contribution is 2.33. The monoisotopic (exact) mass is 298 g/mol. The Balaban J connectivity index is 1.97. The number of rotatable bonds is 4. The number of hydrogen-bond donors (Lipinski definition) is 1. The zero-order valence-corrected chi connectivity index (χ0v) is 11.8. The summed E-state index contributed by atoms with van der Waals surface area (Å²) in [5, 5.41) is 2.57. The van der Waals surface area contributed by atoms with E-state index in [4.69, 9.17) is 0 Å². The highest BCUT2D eigenvalue weighted by molar-refractivity contribution is 6.01. The molecule has 0 spiro atoms. The Labute approximate surface area is 127 Å². The van der Waals surface area contributed by atoms with Crippen molar-refractivity contribution >= 4 is 18.0 Å². The van der Waals surface area contributed by atoms with E-state index < -0.39 is 11.9 Å². The van der Waals surface area contributed by atoms with Crippen LogP contribution in [-0.2, 0) is 9.59 Å². The lowest BCUT2D eigenvalue weighted by Gasteiger charge is -2.17. The van der Waals surface area contributed by atoms with E-state index in [2.05, 4.69) is 5.32 Å². The zero-order chi connectivity index (χ0) is 15.5. The first kappa shape index (κ1) is 14.3. The Morgan fingerprint density at radius 3 is 2.45 bits per heavy atom. The second kappa shape index (κ2) is 5.97. The Bertz CT molecular complexity index is 690. The SMILES string of the molecule is O=CNC1C(=O)N(c2ccccc2F)CC1c1ccccc1. The second-order valence-corrected chi connectivity index (χ2v) is 5.18. The first-order chi connectivity index (χ1) is 10.7. The van der Waals surface area contributed by atoms with Gasteiger partial charge < -0.3 is 10.2 Å². The molecule has 0 aliphatic carbocycles. The van der Waals surface area contributed by atoms with E-state index in [1.807, 2.05) is 30.3 Å². The number of amides is 2. The molecule has 112 valence electrons. The van der Waals surface area contributed by atoms with Gasteiger partial charge in [0.05, 0.1) is 5.69 Å². The second-order valence-electron chi connectivity index (χ2n) is 5.18. The molecule has 1 aliphatic rings. The number of nitrogens with one attached hydrogen (secondary N) is 1. The molecule has 0 bridgehead atoms. The highest BCUT2D eigenvalue weighted by atomic mass is 19.1. The van der Waals surface area contributed by atoms with Crippen LogP contribution in [0.5, 0.6) is 0 Å². The normalized spacial score (nSPS) is 21.0. The molecule has 1 saturated heterocycles. The number of nitrogens with zero attached hydrogens (tertiary/aromatic N) is 1. The lowest BCUT2D eigenvalue weighted by molar-refractivity contribution is -0.121. The van der Waals surface area contributed by atoms with Crippen LogP contribution in [0, 0.1) is 5.82 Å². The van der Waals surface area contributed by atoms with Crippen molar-refractivity contribution in [1.29, 1.82) is 0 Å². The van der Waals surface area contributed by atoms with Gasteiger partial charge in [0, 0.05) is 12.5 Å². The van der Waals surface area contributed by atoms with Gasteiger partial charge in [-0.05, 0) is 17.7 Å². The number of carbonyl (C=O) groups is 2. The van der Waals surface area contributed by atoms with E-state index >= 15 is 0 Å². The molecular weight excluding hydrogens is 283 g/mol. The van der Waals surface area contributed by atoms with E-state index in [9.17, 15) is 14.0 Å². The summed E-state index contributed by atoms with van der Waals surface area (Å²) in [5.74, 6) is -0.959. The fraction of sp³-hybridized carbons (Fsp3) is 0.176. The summed E-state index contributed by atoms with van der Waals surface area (Å²) in [6, 6.07) is 14.9. The molecule has 0 aromatic heterocycles. The summed E-state index contributed by atoms with van der Waals surface area (Å²) in [6.45, 7) is 0.329. The smallest absolute Gasteiger partial charge is 0.250 e. The number of anilines is 1. The summed E-state index contributed by atoms with van der Waals surface area (Å²) in [5.41, 5.74) is 1.18. The number of benzene rings is 2.